The summed E-state index contributed by atoms with van der Waals surface area (Å²) in [4.78, 5) is 2.47. The van der Waals surface area contributed by atoms with Crippen LogP contribution in [0.5, 0.6) is 0 Å². The van der Waals surface area contributed by atoms with Gasteiger partial charge in [0.1, 0.15) is 5.82 Å². The molecule has 0 spiro atoms. The highest BCUT2D eigenvalue weighted by molar-refractivity contribution is 5.27. The fourth-order valence-electron chi connectivity index (χ4n) is 3.55. The van der Waals surface area contributed by atoms with Crippen LogP contribution in [0.1, 0.15) is 56.7 Å². The van der Waals surface area contributed by atoms with Gasteiger partial charge >= 0.3 is 0 Å². The fraction of sp³-hybridized carbons (Fsp3) is 0.667. The Bertz CT molecular complexity index is 453. The van der Waals surface area contributed by atoms with Crippen LogP contribution in [-0.4, -0.2) is 24.0 Å². The Kier molecular flexibility index (Phi) is 5.77. The smallest absolute Gasteiger partial charge is 0.128 e. The topological polar surface area (TPSA) is 29.3 Å². The molecule has 1 fully saturated rings. The van der Waals surface area contributed by atoms with Gasteiger partial charge in [-0.05, 0) is 31.7 Å². The van der Waals surface area contributed by atoms with Crippen molar-refractivity contribution in [2.45, 2.75) is 58.5 Å². The Balaban J connectivity index is 2.31. The summed E-state index contributed by atoms with van der Waals surface area (Å²) in [6.07, 6.45) is 5.01. The van der Waals surface area contributed by atoms with Crippen LogP contribution in [0, 0.1) is 18.7 Å². The number of hydrogen-bond acceptors (Lipinski definition) is 2. The highest BCUT2D eigenvalue weighted by Crippen LogP contribution is 2.32. The molecule has 1 unspecified atom stereocenters. The minimum Gasteiger partial charge on any atom is -0.329 e. The Hall–Kier alpha value is -0.930. The molecule has 1 aromatic carbocycles. The van der Waals surface area contributed by atoms with Crippen LogP contribution >= 0.6 is 0 Å². The maximum absolute atomic E-state index is 14.3. The van der Waals surface area contributed by atoms with E-state index in [0.717, 1.165) is 17.7 Å². The SMILES string of the molecule is Cc1ccc(F)c(C(CN)N(CC(C)C)C2CCCC2)c1. The molecule has 2 nitrogen and oxygen atoms in total. The van der Waals surface area contributed by atoms with Crippen molar-refractivity contribution >= 4 is 0 Å². The number of hydrogen-bond donors (Lipinski definition) is 1. The van der Waals surface area contributed by atoms with Crippen LogP contribution in [0.2, 0.25) is 0 Å². The molecular weight excluding hydrogens is 263 g/mol. The van der Waals surface area contributed by atoms with Crippen molar-refractivity contribution in [3.63, 3.8) is 0 Å². The Morgan fingerprint density at radius 2 is 1.95 bits per heavy atom. The number of rotatable bonds is 6. The van der Waals surface area contributed by atoms with E-state index in [4.69, 9.17) is 5.73 Å². The third-order valence-electron chi connectivity index (χ3n) is 4.50. The molecule has 0 saturated heterocycles. The first kappa shape index (κ1) is 16.4. The molecule has 0 heterocycles. The van der Waals surface area contributed by atoms with E-state index in [1.807, 2.05) is 19.1 Å². The van der Waals surface area contributed by atoms with Crippen LogP contribution in [0.4, 0.5) is 4.39 Å². The zero-order chi connectivity index (χ0) is 15.4. The summed E-state index contributed by atoms with van der Waals surface area (Å²) < 4.78 is 14.3. The molecule has 0 radical (unpaired) electrons. The third-order valence-corrected chi connectivity index (χ3v) is 4.50. The van der Waals surface area contributed by atoms with Gasteiger partial charge in [0.25, 0.3) is 0 Å². The van der Waals surface area contributed by atoms with E-state index in [-0.39, 0.29) is 11.9 Å². The summed E-state index contributed by atoms with van der Waals surface area (Å²) in [7, 11) is 0. The predicted octanol–water partition coefficient (Wildman–Crippen LogP) is 4.03. The summed E-state index contributed by atoms with van der Waals surface area (Å²) >= 11 is 0. The molecule has 2 N–H and O–H groups in total. The van der Waals surface area contributed by atoms with E-state index in [1.54, 1.807) is 6.07 Å². The van der Waals surface area contributed by atoms with Crippen molar-refractivity contribution in [3.05, 3.63) is 35.1 Å². The van der Waals surface area contributed by atoms with Crippen molar-refractivity contribution < 1.29 is 4.39 Å². The standard InChI is InChI=1S/C18H29FN2/c1-13(2)12-21(15-6-4-5-7-15)18(11-20)16-10-14(3)8-9-17(16)19/h8-10,13,15,18H,4-7,11-12,20H2,1-3H3. The maximum Gasteiger partial charge on any atom is 0.128 e. The lowest BCUT2D eigenvalue weighted by atomic mass is 9.98. The van der Waals surface area contributed by atoms with E-state index in [9.17, 15) is 4.39 Å². The van der Waals surface area contributed by atoms with Crippen molar-refractivity contribution in [3.8, 4) is 0 Å². The zero-order valence-corrected chi connectivity index (χ0v) is 13.6. The minimum absolute atomic E-state index is 0.00426. The van der Waals surface area contributed by atoms with Gasteiger partial charge in [0.2, 0.25) is 0 Å². The first-order valence-electron chi connectivity index (χ1n) is 8.24. The van der Waals surface area contributed by atoms with E-state index < -0.39 is 0 Å². The zero-order valence-electron chi connectivity index (χ0n) is 13.6. The molecule has 2 rings (SSSR count). The minimum atomic E-state index is -0.122. The van der Waals surface area contributed by atoms with Crippen LogP contribution in [0.25, 0.3) is 0 Å². The molecule has 0 aliphatic heterocycles. The van der Waals surface area contributed by atoms with Crippen molar-refractivity contribution in [2.24, 2.45) is 11.7 Å². The largest absolute Gasteiger partial charge is 0.329 e. The molecule has 0 amide bonds. The molecule has 3 heteroatoms. The lowest BCUT2D eigenvalue weighted by molar-refractivity contribution is 0.119. The summed E-state index contributed by atoms with van der Waals surface area (Å²) in [6.45, 7) is 7.92. The molecule has 0 bridgehead atoms. The second kappa shape index (κ2) is 7.37. The van der Waals surface area contributed by atoms with Gasteiger partial charge in [-0.15, -0.1) is 0 Å². The number of nitrogens with two attached hydrogens (primary N) is 1. The van der Waals surface area contributed by atoms with Gasteiger partial charge in [-0.3, -0.25) is 4.90 Å². The molecule has 1 saturated carbocycles. The highest BCUT2D eigenvalue weighted by atomic mass is 19.1. The Morgan fingerprint density at radius 3 is 2.52 bits per heavy atom. The van der Waals surface area contributed by atoms with Gasteiger partial charge in [-0.2, -0.15) is 0 Å². The van der Waals surface area contributed by atoms with Gasteiger partial charge < -0.3 is 5.73 Å². The monoisotopic (exact) mass is 292 g/mol. The van der Waals surface area contributed by atoms with Gasteiger partial charge in [0.05, 0.1) is 6.04 Å². The van der Waals surface area contributed by atoms with Crippen LogP contribution in [0.15, 0.2) is 18.2 Å². The van der Waals surface area contributed by atoms with Crippen molar-refractivity contribution in [1.29, 1.82) is 0 Å². The van der Waals surface area contributed by atoms with Gasteiger partial charge in [0, 0.05) is 24.7 Å². The van der Waals surface area contributed by atoms with E-state index in [0.29, 0.717) is 18.5 Å². The lowest BCUT2D eigenvalue weighted by Gasteiger charge is -2.37. The molecule has 1 aliphatic carbocycles. The van der Waals surface area contributed by atoms with Crippen LogP contribution in [0.3, 0.4) is 0 Å². The van der Waals surface area contributed by atoms with E-state index in [2.05, 4.69) is 18.7 Å². The first-order valence-corrected chi connectivity index (χ1v) is 8.24. The number of aryl methyl sites for hydroxylation is 1. The van der Waals surface area contributed by atoms with Crippen molar-refractivity contribution in [2.75, 3.05) is 13.1 Å². The normalized spacial score (nSPS) is 17.9. The molecule has 0 aromatic heterocycles. The second-order valence-corrected chi connectivity index (χ2v) is 6.81. The molecule has 1 aliphatic rings. The highest BCUT2D eigenvalue weighted by Gasteiger charge is 2.30. The summed E-state index contributed by atoms with van der Waals surface area (Å²) in [6, 6.07) is 5.93. The Morgan fingerprint density at radius 1 is 1.29 bits per heavy atom. The predicted molar refractivity (Wildman–Crippen MR) is 86.7 cm³/mol. The van der Waals surface area contributed by atoms with Gasteiger partial charge in [-0.1, -0.05) is 44.4 Å². The number of halogens is 1. The molecular formula is C18H29FN2. The Labute approximate surface area is 128 Å². The van der Waals surface area contributed by atoms with Crippen LogP contribution in [-0.2, 0) is 0 Å². The fourth-order valence-corrected chi connectivity index (χ4v) is 3.55. The van der Waals surface area contributed by atoms with E-state index >= 15 is 0 Å². The summed E-state index contributed by atoms with van der Waals surface area (Å²) in [5, 5.41) is 0. The summed E-state index contributed by atoms with van der Waals surface area (Å²) in [5.41, 5.74) is 7.93. The lowest BCUT2D eigenvalue weighted by Crippen LogP contribution is -2.42. The average Bonchev–Trinajstić information content (AvgIpc) is 2.95. The van der Waals surface area contributed by atoms with Gasteiger partial charge in [-0.25, -0.2) is 4.39 Å². The number of nitrogens with zero attached hydrogens (tertiary/aromatic N) is 1. The third kappa shape index (κ3) is 4.04. The number of benzene rings is 1. The maximum atomic E-state index is 14.3. The molecule has 1 atom stereocenters. The first-order chi connectivity index (χ1) is 10.0. The van der Waals surface area contributed by atoms with Gasteiger partial charge in [0.15, 0.2) is 0 Å². The quantitative estimate of drug-likeness (QED) is 0.857. The average molecular weight is 292 g/mol. The summed E-state index contributed by atoms with van der Waals surface area (Å²) in [5.74, 6) is 0.440. The second-order valence-electron chi connectivity index (χ2n) is 6.81. The van der Waals surface area contributed by atoms with E-state index in [1.165, 1.54) is 25.7 Å². The molecule has 118 valence electrons. The van der Waals surface area contributed by atoms with Crippen LogP contribution < -0.4 is 5.73 Å². The molecule has 1 aromatic rings. The van der Waals surface area contributed by atoms with Crippen molar-refractivity contribution in [1.82, 2.24) is 4.90 Å². The molecule has 21 heavy (non-hydrogen) atoms.